The molecule has 204 valence electrons. The predicted molar refractivity (Wildman–Crippen MR) is 139 cm³/mol. The summed E-state index contributed by atoms with van der Waals surface area (Å²) in [6.07, 6.45) is 0.510. The zero-order valence-corrected chi connectivity index (χ0v) is 22.5. The van der Waals surface area contributed by atoms with Crippen molar-refractivity contribution in [2.75, 3.05) is 0 Å². The summed E-state index contributed by atoms with van der Waals surface area (Å²) in [4.78, 5) is 40.0. The number of carbonyl (C=O) groups excluding carboxylic acids is 3. The first-order chi connectivity index (χ1) is 17.9. The molecule has 2 aliphatic heterocycles. The maximum atomic E-state index is 14.3. The molecule has 1 amide bonds. The summed E-state index contributed by atoms with van der Waals surface area (Å²) in [6.45, 7) is 8.23. The predicted octanol–water partition coefficient (Wildman–Crippen LogP) is 2.27. The third-order valence-corrected chi connectivity index (χ3v) is 9.27. The molecular formula is C30H37NO7. The van der Waals surface area contributed by atoms with Crippen LogP contribution in [0.25, 0.3) is 0 Å². The molecule has 38 heavy (non-hydrogen) atoms. The van der Waals surface area contributed by atoms with Crippen molar-refractivity contribution in [3.63, 3.8) is 0 Å². The fraction of sp³-hybridized carbons (Fsp3) is 0.567. The number of nitrogens with one attached hydrogen (secondary N) is 1. The van der Waals surface area contributed by atoms with Crippen LogP contribution in [-0.2, 0) is 30.3 Å². The van der Waals surface area contributed by atoms with Gasteiger partial charge in [-0.1, -0.05) is 55.0 Å². The minimum absolute atomic E-state index is 0.325. The highest BCUT2D eigenvalue weighted by molar-refractivity contribution is 5.91. The third kappa shape index (κ3) is 3.96. The van der Waals surface area contributed by atoms with Crippen molar-refractivity contribution in [1.29, 1.82) is 0 Å². The summed E-state index contributed by atoms with van der Waals surface area (Å²) in [7, 11) is 0. The molecule has 0 bridgehead atoms. The summed E-state index contributed by atoms with van der Waals surface area (Å²) >= 11 is 0. The van der Waals surface area contributed by atoms with E-state index in [1.165, 1.54) is 13.8 Å². The van der Waals surface area contributed by atoms with Gasteiger partial charge in [-0.3, -0.25) is 14.4 Å². The van der Waals surface area contributed by atoms with Gasteiger partial charge in [-0.25, -0.2) is 0 Å². The van der Waals surface area contributed by atoms with Crippen LogP contribution in [0.5, 0.6) is 0 Å². The number of ketones is 1. The Kier molecular flexibility index (Phi) is 6.65. The highest BCUT2D eigenvalue weighted by Crippen LogP contribution is 2.60. The lowest BCUT2D eigenvalue weighted by molar-refractivity contribution is -0.169. The van der Waals surface area contributed by atoms with E-state index in [0.29, 0.717) is 12.8 Å². The third-order valence-electron chi connectivity index (χ3n) is 9.27. The van der Waals surface area contributed by atoms with E-state index in [0.717, 1.165) is 16.7 Å². The van der Waals surface area contributed by atoms with Crippen molar-refractivity contribution in [2.24, 2.45) is 23.2 Å². The number of aliphatic hydroxyl groups is 2. The van der Waals surface area contributed by atoms with E-state index in [9.17, 15) is 24.6 Å². The molecule has 2 saturated heterocycles. The van der Waals surface area contributed by atoms with E-state index in [1.807, 2.05) is 44.2 Å². The zero-order chi connectivity index (χ0) is 27.6. The number of ether oxygens (including phenoxy) is 2. The Balaban J connectivity index is 1.72. The number of fused-ring (bicyclic) bond motifs is 1. The molecule has 0 saturated carbocycles. The first-order valence-electron chi connectivity index (χ1n) is 13.4. The molecule has 3 N–H and O–H groups in total. The van der Waals surface area contributed by atoms with Crippen molar-refractivity contribution in [1.82, 2.24) is 5.32 Å². The molecule has 10 atom stereocenters. The standard InChI is InChI=1S/C30H37NO7/c1-15-10-9-13-20-23(33)17(3)16(2)22-21(14-19-11-7-6-8-12-19)31-28(35)30(20,22)27(37-18(4)32)24-26(38-24)29(5,36)25(15)34/h6-9,11-13,15,20-24,26-27,33,36H,10,14H2,1-5H3,(H,31,35)/b13-9-/t15-,20-,21-,22-,23+,24+,26+,27+,29-,30-/m0/s1. The van der Waals surface area contributed by atoms with Crippen LogP contribution in [0.3, 0.4) is 0 Å². The van der Waals surface area contributed by atoms with Gasteiger partial charge < -0.3 is 25.0 Å². The average molecular weight is 524 g/mol. The first-order valence-corrected chi connectivity index (χ1v) is 13.4. The second kappa shape index (κ2) is 9.43. The van der Waals surface area contributed by atoms with Crippen molar-refractivity contribution in [3.05, 3.63) is 59.2 Å². The number of epoxide rings is 1. The summed E-state index contributed by atoms with van der Waals surface area (Å²) in [6, 6.07) is 9.51. The normalized spacial score (nSPS) is 43.2. The van der Waals surface area contributed by atoms with Crippen LogP contribution in [0.2, 0.25) is 0 Å². The van der Waals surface area contributed by atoms with E-state index in [4.69, 9.17) is 9.47 Å². The monoisotopic (exact) mass is 523 g/mol. The zero-order valence-electron chi connectivity index (χ0n) is 22.5. The van der Waals surface area contributed by atoms with Crippen LogP contribution in [0, 0.1) is 23.2 Å². The number of amides is 1. The number of benzene rings is 1. The maximum Gasteiger partial charge on any atom is 0.303 e. The van der Waals surface area contributed by atoms with E-state index in [2.05, 4.69) is 5.32 Å². The van der Waals surface area contributed by atoms with Gasteiger partial charge in [-0.05, 0) is 44.7 Å². The summed E-state index contributed by atoms with van der Waals surface area (Å²) in [5, 5.41) is 26.1. The molecule has 0 radical (unpaired) electrons. The molecule has 5 rings (SSSR count). The van der Waals surface area contributed by atoms with E-state index < -0.39 is 59.2 Å². The van der Waals surface area contributed by atoms with Crippen molar-refractivity contribution in [3.8, 4) is 0 Å². The lowest BCUT2D eigenvalue weighted by Crippen LogP contribution is -2.60. The number of Topliss-reactive ketones (excluding diaryl/α,β-unsaturated/α-hetero) is 1. The largest absolute Gasteiger partial charge is 0.458 e. The molecule has 2 fully saturated rings. The fourth-order valence-corrected chi connectivity index (χ4v) is 7.27. The van der Waals surface area contributed by atoms with Gasteiger partial charge in [-0.2, -0.15) is 0 Å². The minimum atomic E-state index is -1.82. The number of esters is 1. The molecule has 8 nitrogen and oxygen atoms in total. The van der Waals surface area contributed by atoms with Gasteiger partial charge in [0.05, 0.1) is 6.10 Å². The Morgan fingerprint density at radius 3 is 2.53 bits per heavy atom. The second-order valence-corrected chi connectivity index (χ2v) is 11.6. The molecule has 1 spiro atoms. The van der Waals surface area contributed by atoms with Crippen molar-refractivity contribution >= 4 is 17.7 Å². The summed E-state index contributed by atoms with van der Waals surface area (Å²) in [5.74, 6) is -2.99. The van der Waals surface area contributed by atoms with Crippen LogP contribution in [-0.4, -0.2) is 63.9 Å². The van der Waals surface area contributed by atoms with Crippen molar-refractivity contribution < 1.29 is 34.1 Å². The van der Waals surface area contributed by atoms with Crippen LogP contribution < -0.4 is 5.32 Å². The number of rotatable bonds is 3. The van der Waals surface area contributed by atoms with Gasteiger partial charge in [-0.15, -0.1) is 0 Å². The Labute approximate surface area is 223 Å². The quantitative estimate of drug-likeness (QED) is 0.315. The van der Waals surface area contributed by atoms with Crippen LogP contribution in [0.4, 0.5) is 0 Å². The Morgan fingerprint density at radius 2 is 1.87 bits per heavy atom. The number of carbonyl (C=O) groups is 3. The molecule has 2 heterocycles. The summed E-state index contributed by atoms with van der Waals surface area (Å²) < 4.78 is 11.9. The van der Waals surface area contributed by atoms with Gasteiger partial charge in [0.2, 0.25) is 5.91 Å². The van der Waals surface area contributed by atoms with Gasteiger partial charge in [0.1, 0.15) is 29.3 Å². The van der Waals surface area contributed by atoms with Crippen LogP contribution in [0.1, 0.15) is 46.6 Å². The number of aliphatic hydroxyl groups excluding tert-OH is 1. The van der Waals surface area contributed by atoms with Crippen LogP contribution >= 0.6 is 0 Å². The minimum Gasteiger partial charge on any atom is -0.458 e. The topological polar surface area (TPSA) is 125 Å². The highest BCUT2D eigenvalue weighted by atomic mass is 16.6. The van der Waals surface area contributed by atoms with Gasteiger partial charge >= 0.3 is 5.97 Å². The fourth-order valence-electron chi connectivity index (χ4n) is 7.27. The molecule has 4 aliphatic rings. The molecule has 2 aliphatic carbocycles. The van der Waals surface area contributed by atoms with E-state index >= 15 is 0 Å². The van der Waals surface area contributed by atoms with Crippen molar-refractivity contribution in [2.45, 2.75) is 83.5 Å². The first kappa shape index (κ1) is 26.8. The summed E-state index contributed by atoms with van der Waals surface area (Å²) in [5.41, 5.74) is -0.550. The molecular weight excluding hydrogens is 486 g/mol. The van der Waals surface area contributed by atoms with E-state index in [-0.39, 0.29) is 17.7 Å². The molecule has 0 unspecified atom stereocenters. The average Bonchev–Trinajstić information content (AvgIpc) is 3.62. The SMILES string of the molecule is CC(=O)O[C@@H]1[C@@H]2O[C@H]2[C@@](C)(O)C(=O)[C@@H](C)C/C=C\[C@H]2[C@H](O)C(C)=C(C)[C@H]3[C@H](Cc4ccccc4)NC(=O)[C@@]123. The lowest BCUT2D eigenvalue weighted by atomic mass is 9.53. The number of hydrogen-bond donors (Lipinski definition) is 3. The second-order valence-electron chi connectivity index (χ2n) is 11.6. The Hall–Kier alpha value is -2.81. The molecule has 0 aromatic heterocycles. The van der Waals surface area contributed by atoms with Gasteiger partial charge in [0.25, 0.3) is 0 Å². The molecule has 8 heteroatoms. The van der Waals surface area contributed by atoms with E-state index in [1.54, 1.807) is 19.1 Å². The Bertz CT molecular complexity index is 1200. The lowest BCUT2D eigenvalue weighted by Gasteiger charge is -2.50. The number of hydrogen-bond acceptors (Lipinski definition) is 7. The van der Waals surface area contributed by atoms with Gasteiger partial charge in [0, 0.05) is 30.7 Å². The maximum absolute atomic E-state index is 14.3. The molecule has 1 aromatic rings. The van der Waals surface area contributed by atoms with Crippen LogP contribution in [0.15, 0.2) is 53.6 Å². The Morgan fingerprint density at radius 1 is 1.18 bits per heavy atom. The van der Waals surface area contributed by atoms with Gasteiger partial charge in [0.15, 0.2) is 5.78 Å². The smallest absolute Gasteiger partial charge is 0.303 e. The highest BCUT2D eigenvalue weighted by Gasteiger charge is 2.73. The number of allylic oxidation sites excluding steroid dienone is 1. The molecule has 1 aromatic carbocycles.